The van der Waals surface area contributed by atoms with Crippen LogP contribution in [0, 0.1) is 5.92 Å². The summed E-state index contributed by atoms with van der Waals surface area (Å²) < 4.78 is 0. The first kappa shape index (κ1) is 13.3. The second kappa shape index (κ2) is 5.26. The van der Waals surface area contributed by atoms with Gasteiger partial charge in [-0.25, -0.2) is 9.78 Å². The van der Waals surface area contributed by atoms with E-state index in [1.165, 1.54) is 17.8 Å². The van der Waals surface area contributed by atoms with Gasteiger partial charge in [-0.15, -0.1) is 0 Å². The predicted molar refractivity (Wildman–Crippen MR) is 73.7 cm³/mol. The summed E-state index contributed by atoms with van der Waals surface area (Å²) in [5, 5.41) is 10.1. The summed E-state index contributed by atoms with van der Waals surface area (Å²) in [6, 6.07) is 0.441. The third kappa shape index (κ3) is 2.36. The average Bonchev–Trinajstić information content (AvgIpc) is 2.76. The van der Waals surface area contributed by atoms with Crippen LogP contribution in [-0.4, -0.2) is 28.6 Å². The number of carbonyl (C=O) groups is 1. The molecule has 2 unspecified atom stereocenters. The van der Waals surface area contributed by atoms with Crippen LogP contribution in [0.25, 0.3) is 0 Å². The Morgan fingerprint density at radius 3 is 2.83 bits per heavy atom. The molecule has 0 spiro atoms. The van der Waals surface area contributed by atoms with Crippen molar-refractivity contribution >= 4 is 22.4 Å². The molecule has 0 amide bonds. The minimum Gasteiger partial charge on any atom is -0.477 e. The van der Waals surface area contributed by atoms with Gasteiger partial charge in [0, 0.05) is 12.6 Å². The number of anilines is 1. The number of aromatic nitrogens is 1. The van der Waals surface area contributed by atoms with E-state index < -0.39 is 5.97 Å². The molecule has 1 aliphatic heterocycles. The molecule has 2 atom stereocenters. The predicted octanol–water partition coefficient (Wildman–Crippen LogP) is 3.03. The summed E-state index contributed by atoms with van der Waals surface area (Å²) >= 11 is 1.32. The second-order valence-corrected chi connectivity index (χ2v) is 5.96. The standard InChI is InChI=1S/C13H20N2O2S/c1-4-10-11(12(16)17)18-13(14-10)15-7-5-6-8(2)9(15)3/h8-9H,4-7H2,1-3H3,(H,16,17). The lowest BCUT2D eigenvalue weighted by molar-refractivity contribution is 0.0701. The highest BCUT2D eigenvalue weighted by Crippen LogP contribution is 2.33. The molecule has 2 rings (SSSR count). The number of thiazole rings is 1. The zero-order valence-corrected chi connectivity index (χ0v) is 12.0. The number of hydrogen-bond donors (Lipinski definition) is 1. The lowest BCUT2D eigenvalue weighted by Crippen LogP contribution is -2.42. The Balaban J connectivity index is 2.30. The summed E-state index contributed by atoms with van der Waals surface area (Å²) in [6.07, 6.45) is 3.08. The van der Waals surface area contributed by atoms with Gasteiger partial charge in [0.15, 0.2) is 5.13 Å². The van der Waals surface area contributed by atoms with Crippen molar-refractivity contribution in [2.24, 2.45) is 5.92 Å². The molecule has 5 heteroatoms. The molecular formula is C13H20N2O2S. The van der Waals surface area contributed by atoms with Gasteiger partial charge >= 0.3 is 5.97 Å². The molecule has 0 saturated carbocycles. The Bertz CT molecular complexity index is 444. The van der Waals surface area contributed by atoms with E-state index in [9.17, 15) is 9.90 Å². The number of carboxylic acids is 1. The molecule has 1 aromatic rings. The Hall–Kier alpha value is -1.10. The van der Waals surface area contributed by atoms with E-state index in [2.05, 4.69) is 23.7 Å². The van der Waals surface area contributed by atoms with E-state index in [0.717, 1.165) is 18.1 Å². The van der Waals surface area contributed by atoms with Gasteiger partial charge in [0.1, 0.15) is 4.88 Å². The average molecular weight is 268 g/mol. The molecule has 1 saturated heterocycles. The molecule has 2 heterocycles. The van der Waals surface area contributed by atoms with Gasteiger partial charge in [-0.05, 0) is 32.1 Å². The third-order valence-electron chi connectivity index (χ3n) is 3.83. The number of nitrogens with zero attached hydrogens (tertiary/aromatic N) is 2. The van der Waals surface area contributed by atoms with E-state index in [1.54, 1.807) is 0 Å². The highest BCUT2D eigenvalue weighted by Gasteiger charge is 2.28. The van der Waals surface area contributed by atoms with Crippen LogP contribution in [0.4, 0.5) is 5.13 Å². The number of aromatic carboxylic acids is 1. The van der Waals surface area contributed by atoms with E-state index >= 15 is 0 Å². The number of rotatable bonds is 3. The lowest BCUT2D eigenvalue weighted by Gasteiger charge is -2.37. The van der Waals surface area contributed by atoms with Crippen molar-refractivity contribution in [2.75, 3.05) is 11.4 Å². The van der Waals surface area contributed by atoms with E-state index in [-0.39, 0.29) is 0 Å². The smallest absolute Gasteiger partial charge is 0.347 e. The molecule has 18 heavy (non-hydrogen) atoms. The molecule has 0 aromatic carbocycles. The zero-order valence-electron chi connectivity index (χ0n) is 11.1. The minimum atomic E-state index is -0.853. The summed E-state index contributed by atoms with van der Waals surface area (Å²) in [5.74, 6) is -0.214. The number of piperidine rings is 1. The fraction of sp³-hybridized carbons (Fsp3) is 0.692. The molecule has 1 aromatic heterocycles. The minimum absolute atomic E-state index is 0.401. The van der Waals surface area contributed by atoms with Crippen molar-refractivity contribution in [3.63, 3.8) is 0 Å². The Kier molecular flexibility index (Phi) is 3.90. The maximum Gasteiger partial charge on any atom is 0.347 e. The molecular weight excluding hydrogens is 248 g/mol. The highest BCUT2D eigenvalue weighted by molar-refractivity contribution is 7.17. The van der Waals surface area contributed by atoms with Gasteiger partial charge in [0.2, 0.25) is 0 Å². The van der Waals surface area contributed by atoms with E-state index in [4.69, 9.17) is 0 Å². The van der Waals surface area contributed by atoms with E-state index in [0.29, 0.717) is 29.0 Å². The summed E-state index contributed by atoms with van der Waals surface area (Å²) in [7, 11) is 0. The molecule has 0 radical (unpaired) electrons. The van der Waals surface area contributed by atoms with Crippen molar-refractivity contribution in [3.05, 3.63) is 10.6 Å². The van der Waals surface area contributed by atoms with Crippen molar-refractivity contribution in [1.82, 2.24) is 4.98 Å². The first-order valence-corrected chi connectivity index (χ1v) is 7.35. The van der Waals surface area contributed by atoms with Crippen LogP contribution in [0.1, 0.15) is 49.0 Å². The first-order valence-electron chi connectivity index (χ1n) is 6.54. The molecule has 1 aliphatic rings. The van der Waals surface area contributed by atoms with Gasteiger partial charge in [-0.1, -0.05) is 25.2 Å². The van der Waals surface area contributed by atoms with Gasteiger partial charge in [-0.3, -0.25) is 0 Å². The number of hydrogen-bond acceptors (Lipinski definition) is 4. The fourth-order valence-corrected chi connectivity index (χ4v) is 3.58. The monoisotopic (exact) mass is 268 g/mol. The molecule has 1 N–H and O–H groups in total. The largest absolute Gasteiger partial charge is 0.477 e. The van der Waals surface area contributed by atoms with Crippen LogP contribution in [0.2, 0.25) is 0 Å². The van der Waals surface area contributed by atoms with Crippen LogP contribution in [0.3, 0.4) is 0 Å². The van der Waals surface area contributed by atoms with Crippen LogP contribution >= 0.6 is 11.3 Å². The Morgan fingerprint density at radius 1 is 1.56 bits per heavy atom. The quantitative estimate of drug-likeness (QED) is 0.915. The molecule has 0 bridgehead atoms. The molecule has 1 fully saturated rings. The molecule has 0 aliphatic carbocycles. The van der Waals surface area contributed by atoms with Gasteiger partial charge in [0.25, 0.3) is 0 Å². The van der Waals surface area contributed by atoms with Crippen LogP contribution in [0.15, 0.2) is 0 Å². The number of carboxylic acid groups (broad SMARTS) is 1. The summed E-state index contributed by atoms with van der Waals surface area (Å²) in [6.45, 7) is 7.40. The van der Waals surface area contributed by atoms with Crippen molar-refractivity contribution in [2.45, 2.75) is 46.1 Å². The first-order chi connectivity index (χ1) is 8.54. The third-order valence-corrected chi connectivity index (χ3v) is 4.96. The summed E-state index contributed by atoms with van der Waals surface area (Å²) in [4.78, 5) is 18.4. The second-order valence-electron chi connectivity index (χ2n) is 4.98. The van der Waals surface area contributed by atoms with Crippen molar-refractivity contribution < 1.29 is 9.90 Å². The Morgan fingerprint density at radius 2 is 2.28 bits per heavy atom. The SMILES string of the molecule is CCc1nc(N2CCCC(C)C2C)sc1C(=O)O. The summed E-state index contributed by atoms with van der Waals surface area (Å²) in [5.41, 5.74) is 0.716. The maximum absolute atomic E-state index is 11.2. The molecule has 100 valence electrons. The van der Waals surface area contributed by atoms with E-state index in [1.807, 2.05) is 6.92 Å². The van der Waals surface area contributed by atoms with Gasteiger partial charge < -0.3 is 10.0 Å². The molecule has 4 nitrogen and oxygen atoms in total. The van der Waals surface area contributed by atoms with Gasteiger partial charge in [0.05, 0.1) is 5.69 Å². The maximum atomic E-state index is 11.2. The lowest BCUT2D eigenvalue weighted by atomic mass is 9.93. The topological polar surface area (TPSA) is 53.4 Å². The van der Waals surface area contributed by atoms with Crippen molar-refractivity contribution in [1.29, 1.82) is 0 Å². The van der Waals surface area contributed by atoms with Crippen LogP contribution in [0.5, 0.6) is 0 Å². The normalized spacial score (nSPS) is 24.3. The number of aryl methyl sites for hydroxylation is 1. The van der Waals surface area contributed by atoms with Crippen molar-refractivity contribution in [3.8, 4) is 0 Å². The zero-order chi connectivity index (χ0) is 13.3. The van der Waals surface area contributed by atoms with Crippen LogP contribution < -0.4 is 4.90 Å². The fourth-order valence-electron chi connectivity index (χ4n) is 2.47. The Labute approximate surface area is 112 Å². The van der Waals surface area contributed by atoms with Crippen LogP contribution in [-0.2, 0) is 6.42 Å². The highest BCUT2D eigenvalue weighted by atomic mass is 32.1. The van der Waals surface area contributed by atoms with Gasteiger partial charge in [-0.2, -0.15) is 0 Å².